The van der Waals surface area contributed by atoms with Gasteiger partial charge in [-0.05, 0) is 52.3 Å². The topological polar surface area (TPSA) is 38.3 Å². The van der Waals surface area contributed by atoms with Gasteiger partial charge in [0.25, 0.3) is 0 Å². The maximum Gasteiger partial charge on any atom is 0.319 e. The molecule has 112 valence electrons. The van der Waals surface area contributed by atoms with E-state index in [9.17, 15) is 4.79 Å². The van der Waals surface area contributed by atoms with Gasteiger partial charge in [0.1, 0.15) is 5.25 Å². The molecule has 0 fully saturated rings. The first kappa shape index (κ1) is 17.1. The van der Waals surface area contributed by atoms with Crippen molar-refractivity contribution in [2.75, 3.05) is 6.61 Å². The molecule has 1 N–H and O–H groups in total. The molecule has 0 radical (unpaired) electrons. The Morgan fingerprint density at radius 1 is 1.40 bits per heavy atom. The van der Waals surface area contributed by atoms with E-state index in [4.69, 9.17) is 4.74 Å². The first-order chi connectivity index (χ1) is 9.31. The van der Waals surface area contributed by atoms with Gasteiger partial charge in [-0.25, -0.2) is 0 Å². The number of carbonyl (C=O) groups excluding carboxylic acids is 1. The van der Waals surface area contributed by atoms with Crippen LogP contribution in [-0.4, -0.2) is 23.4 Å². The molecule has 0 aliphatic heterocycles. The van der Waals surface area contributed by atoms with Crippen molar-refractivity contribution in [2.45, 2.75) is 56.8 Å². The van der Waals surface area contributed by atoms with Gasteiger partial charge in [0.15, 0.2) is 0 Å². The molecule has 0 saturated carbocycles. The number of rotatable bonds is 6. The highest BCUT2D eigenvalue weighted by Gasteiger charge is 2.15. The van der Waals surface area contributed by atoms with Gasteiger partial charge in [0.05, 0.1) is 6.61 Å². The molecule has 3 nitrogen and oxygen atoms in total. The largest absolute Gasteiger partial charge is 0.465 e. The van der Waals surface area contributed by atoms with Gasteiger partial charge < -0.3 is 10.1 Å². The monoisotopic (exact) mass is 295 g/mol. The summed E-state index contributed by atoms with van der Waals surface area (Å²) in [6, 6.07) is 8.28. The molecule has 1 aromatic carbocycles. The zero-order valence-corrected chi connectivity index (χ0v) is 13.8. The maximum atomic E-state index is 11.6. The van der Waals surface area contributed by atoms with E-state index in [1.807, 2.05) is 26.0 Å². The highest BCUT2D eigenvalue weighted by Crippen LogP contribution is 2.25. The Labute approximate surface area is 126 Å². The zero-order chi connectivity index (χ0) is 15.2. The van der Waals surface area contributed by atoms with Gasteiger partial charge >= 0.3 is 5.97 Å². The fourth-order valence-corrected chi connectivity index (χ4v) is 2.56. The number of nitrogens with one attached hydrogen (secondary N) is 1. The molecule has 1 atom stereocenters. The Bertz CT molecular complexity index is 440. The average molecular weight is 295 g/mol. The Morgan fingerprint density at radius 2 is 2.10 bits per heavy atom. The number of benzene rings is 1. The van der Waals surface area contributed by atoms with Crippen molar-refractivity contribution in [3.63, 3.8) is 0 Å². The van der Waals surface area contributed by atoms with Crippen LogP contribution in [0.15, 0.2) is 29.2 Å². The molecule has 0 aliphatic carbocycles. The lowest BCUT2D eigenvalue weighted by atomic mass is 10.1. The zero-order valence-electron chi connectivity index (χ0n) is 13.0. The minimum absolute atomic E-state index is 0.0986. The van der Waals surface area contributed by atoms with E-state index >= 15 is 0 Å². The number of hydrogen-bond donors (Lipinski definition) is 1. The van der Waals surface area contributed by atoms with Crippen molar-refractivity contribution in [1.82, 2.24) is 5.32 Å². The number of thioether (sulfide) groups is 1. The molecule has 1 unspecified atom stereocenters. The Hall–Kier alpha value is -1.00. The van der Waals surface area contributed by atoms with E-state index in [0.29, 0.717) is 6.61 Å². The number of carbonyl (C=O) groups is 1. The highest BCUT2D eigenvalue weighted by atomic mass is 32.2. The van der Waals surface area contributed by atoms with Crippen molar-refractivity contribution in [1.29, 1.82) is 0 Å². The summed E-state index contributed by atoms with van der Waals surface area (Å²) in [6.45, 7) is 11.4. The van der Waals surface area contributed by atoms with Crippen LogP contribution in [0.1, 0.15) is 40.2 Å². The van der Waals surface area contributed by atoms with E-state index in [2.05, 4.69) is 38.2 Å². The fraction of sp³-hybridized carbons (Fsp3) is 0.562. The average Bonchev–Trinajstić information content (AvgIpc) is 2.36. The van der Waals surface area contributed by atoms with Crippen molar-refractivity contribution in [3.05, 3.63) is 29.8 Å². The molecule has 0 saturated heterocycles. The smallest absolute Gasteiger partial charge is 0.319 e. The van der Waals surface area contributed by atoms with Gasteiger partial charge in [0.2, 0.25) is 0 Å². The van der Waals surface area contributed by atoms with E-state index in [0.717, 1.165) is 11.4 Å². The van der Waals surface area contributed by atoms with Crippen LogP contribution in [0.3, 0.4) is 0 Å². The van der Waals surface area contributed by atoms with Crippen molar-refractivity contribution >= 4 is 17.7 Å². The number of ether oxygens (including phenoxy) is 1. The Balaban J connectivity index is 2.61. The molecule has 1 aromatic rings. The number of esters is 1. The number of hydrogen-bond acceptors (Lipinski definition) is 4. The summed E-state index contributed by atoms with van der Waals surface area (Å²) in [5, 5.41) is 3.28. The molecular formula is C16H25NO2S. The van der Waals surface area contributed by atoms with Crippen molar-refractivity contribution in [3.8, 4) is 0 Å². The summed E-state index contributed by atoms with van der Waals surface area (Å²) < 4.78 is 5.03. The van der Waals surface area contributed by atoms with Crippen LogP contribution in [0.5, 0.6) is 0 Å². The third-order valence-corrected chi connectivity index (χ3v) is 3.72. The van der Waals surface area contributed by atoms with Gasteiger partial charge in [0, 0.05) is 17.0 Å². The Kier molecular flexibility index (Phi) is 6.56. The molecular weight excluding hydrogens is 270 g/mol. The van der Waals surface area contributed by atoms with E-state index < -0.39 is 0 Å². The van der Waals surface area contributed by atoms with Gasteiger partial charge in [-0.15, -0.1) is 11.8 Å². The molecule has 0 aliphatic rings. The molecule has 0 aromatic heterocycles. The molecule has 0 spiro atoms. The molecule has 20 heavy (non-hydrogen) atoms. The van der Waals surface area contributed by atoms with Crippen LogP contribution < -0.4 is 5.32 Å². The van der Waals surface area contributed by atoms with Crippen LogP contribution in [0.4, 0.5) is 0 Å². The van der Waals surface area contributed by atoms with Gasteiger partial charge in [-0.3, -0.25) is 4.79 Å². The first-order valence-electron chi connectivity index (χ1n) is 6.99. The molecule has 0 amide bonds. The minimum Gasteiger partial charge on any atom is -0.465 e. The Morgan fingerprint density at radius 3 is 2.70 bits per heavy atom. The summed E-state index contributed by atoms with van der Waals surface area (Å²) in [7, 11) is 0. The van der Waals surface area contributed by atoms with Gasteiger partial charge in [-0.1, -0.05) is 12.1 Å². The van der Waals surface area contributed by atoms with Crippen molar-refractivity contribution < 1.29 is 9.53 Å². The minimum atomic E-state index is -0.180. The first-order valence-corrected chi connectivity index (χ1v) is 7.87. The van der Waals surface area contributed by atoms with Crippen LogP contribution >= 0.6 is 11.8 Å². The second-order valence-corrected chi connectivity index (χ2v) is 7.18. The molecule has 1 rings (SSSR count). The molecule has 0 heterocycles. The van der Waals surface area contributed by atoms with Crippen molar-refractivity contribution in [2.24, 2.45) is 0 Å². The maximum absolute atomic E-state index is 11.6. The lowest BCUT2D eigenvalue weighted by Crippen LogP contribution is -2.35. The summed E-state index contributed by atoms with van der Waals surface area (Å²) >= 11 is 1.54. The quantitative estimate of drug-likeness (QED) is 0.642. The second-order valence-electron chi connectivity index (χ2n) is 5.76. The van der Waals surface area contributed by atoms with Gasteiger partial charge in [-0.2, -0.15) is 0 Å². The highest BCUT2D eigenvalue weighted by molar-refractivity contribution is 8.00. The third-order valence-electron chi connectivity index (χ3n) is 2.65. The normalized spacial score (nSPS) is 13.1. The fourth-order valence-electron chi connectivity index (χ4n) is 1.61. The van der Waals surface area contributed by atoms with Crippen LogP contribution in [0.25, 0.3) is 0 Å². The SMILES string of the molecule is CCOC(=O)C(C)Sc1cccc(CNC(C)(C)C)c1. The molecule has 4 heteroatoms. The summed E-state index contributed by atoms with van der Waals surface area (Å²) in [6.07, 6.45) is 0. The van der Waals surface area contributed by atoms with Crippen LogP contribution in [0.2, 0.25) is 0 Å². The van der Waals surface area contributed by atoms with E-state index in [-0.39, 0.29) is 16.8 Å². The standard InChI is InChI=1S/C16H25NO2S/c1-6-19-15(18)12(2)20-14-9-7-8-13(10-14)11-17-16(3,4)5/h7-10,12,17H,6,11H2,1-5H3. The van der Waals surface area contributed by atoms with Crippen LogP contribution in [-0.2, 0) is 16.1 Å². The molecule has 0 bridgehead atoms. The second kappa shape index (κ2) is 7.70. The third kappa shape index (κ3) is 6.44. The predicted octanol–water partition coefficient (Wildman–Crippen LogP) is 3.62. The van der Waals surface area contributed by atoms with Crippen LogP contribution in [0, 0.1) is 0 Å². The lowest BCUT2D eigenvalue weighted by molar-refractivity contribution is -0.142. The summed E-state index contributed by atoms with van der Waals surface area (Å²) in [5.41, 5.74) is 1.32. The predicted molar refractivity (Wildman–Crippen MR) is 85.0 cm³/mol. The summed E-state index contributed by atoms with van der Waals surface area (Å²) in [4.78, 5) is 12.7. The van der Waals surface area contributed by atoms with E-state index in [1.54, 1.807) is 0 Å². The summed E-state index contributed by atoms with van der Waals surface area (Å²) in [5.74, 6) is -0.157. The van der Waals surface area contributed by atoms with E-state index in [1.165, 1.54) is 17.3 Å². The lowest BCUT2D eigenvalue weighted by Gasteiger charge is -2.20.